The molecule has 0 aromatic heterocycles. The molecule has 2 aromatic rings. The molecule has 0 saturated heterocycles. The Morgan fingerprint density at radius 1 is 1.05 bits per heavy atom. The Bertz CT molecular complexity index is 638. The molecule has 0 saturated carbocycles. The molecule has 0 N–H and O–H groups in total. The first kappa shape index (κ1) is 15.3. The van der Waals surface area contributed by atoms with Crippen molar-refractivity contribution < 1.29 is 13.9 Å². The van der Waals surface area contributed by atoms with Crippen LogP contribution in [0.2, 0.25) is 0 Å². The first-order valence-electron chi connectivity index (χ1n) is 6.35. The summed E-state index contributed by atoms with van der Waals surface area (Å²) in [6.45, 7) is 0.655. The van der Waals surface area contributed by atoms with Crippen LogP contribution in [0, 0.1) is 17.1 Å². The van der Waals surface area contributed by atoms with E-state index in [-0.39, 0.29) is 5.82 Å². The monoisotopic (exact) mass is 349 g/mol. The molecule has 0 atom stereocenters. The molecular weight excluding hydrogens is 337 g/mol. The van der Waals surface area contributed by atoms with E-state index in [2.05, 4.69) is 22.0 Å². The number of rotatable bonds is 6. The fourth-order valence-electron chi connectivity index (χ4n) is 1.69. The number of halogens is 2. The van der Waals surface area contributed by atoms with Gasteiger partial charge in [0.1, 0.15) is 30.5 Å². The van der Waals surface area contributed by atoms with Crippen molar-refractivity contribution in [2.45, 2.75) is 6.42 Å². The van der Waals surface area contributed by atoms with Gasteiger partial charge in [-0.05, 0) is 45.8 Å². The molecule has 0 aliphatic heterocycles. The van der Waals surface area contributed by atoms with Gasteiger partial charge in [-0.15, -0.1) is 0 Å². The molecule has 0 bridgehead atoms. The minimum Gasteiger partial charge on any atom is -0.490 e. The van der Waals surface area contributed by atoms with Gasteiger partial charge in [0.2, 0.25) is 0 Å². The molecule has 0 unspecified atom stereocenters. The second kappa shape index (κ2) is 7.65. The Labute approximate surface area is 131 Å². The van der Waals surface area contributed by atoms with Gasteiger partial charge in [0.25, 0.3) is 0 Å². The van der Waals surface area contributed by atoms with Crippen molar-refractivity contribution in [3.8, 4) is 17.6 Å². The Morgan fingerprint density at radius 2 is 1.76 bits per heavy atom. The first-order chi connectivity index (χ1) is 10.2. The summed E-state index contributed by atoms with van der Waals surface area (Å²) >= 11 is 3.29. The van der Waals surface area contributed by atoms with Crippen LogP contribution in [-0.4, -0.2) is 13.2 Å². The zero-order valence-corrected chi connectivity index (χ0v) is 12.8. The molecule has 0 aliphatic carbocycles. The lowest BCUT2D eigenvalue weighted by Crippen LogP contribution is -2.09. The minimum atomic E-state index is -0.345. The molecule has 0 radical (unpaired) electrons. The third-order valence-corrected chi connectivity index (χ3v) is 3.36. The number of benzene rings is 2. The molecule has 2 rings (SSSR count). The highest BCUT2D eigenvalue weighted by Crippen LogP contribution is 2.25. The fourth-order valence-corrected chi connectivity index (χ4v) is 2.05. The summed E-state index contributed by atoms with van der Waals surface area (Å²) in [7, 11) is 0. The van der Waals surface area contributed by atoms with Gasteiger partial charge in [-0.25, -0.2) is 4.39 Å². The lowest BCUT2D eigenvalue weighted by Gasteiger charge is -2.10. The molecular formula is C16H13BrFNO2. The maximum atomic E-state index is 13.1. The number of ether oxygens (including phenoxy) is 2. The van der Waals surface area contributed by atoms with Crippen molar-refractivity contribution in [1.29, 1.82) is 5.26 Å². The van der Waals surface area contributed by atoms with Crippen molar-refractivity contribution in [3.05, 3.63) is 58.3 Å². The smallest absolute Gasteiger partial charge is 0.136 e. The van der Waals surface area contributed by atoms with Gasteiger partial charge in [0, 0.05) is 6.07 Å². The van der Waals surface area contributed by atoms with Crippen LogP contribution in [0.25, 0.3) is 0 Å². The van der Waals surface area contributed by atoms with Gasteiger partial charge in [-0.2, -0.15) is 5.26 Å². The fraction of sp³-hybridized carbons (Fsp3) is 0.188. The summed E-state index contributed by atoms with van der Waals surface area (Å²) < 4.78 is 24.7. The lowest BCUT2D eigenvalue weighted by atomic mass is 10.2. The van der Waals surface area contributed by atoms with Gasteiger partial charge >= 0.3 is 0 Å². The van der Waals surface area contributed by atoms with Crippen molar-refractivity contribution in [1.82, 2.24) is 0 Å². The standard InChI is InChI=1S/C16H13BrFNO2/c17-15-6-3-13(18)11-16(15)21-10-9-20-14-4-1-12(2-5-14)7-8-19/h1-6,11H,7,9-10H2. The van der Waals surface area contributed by atoms with Crippen LogP contribution >= 0.6 is 15.9 Å². The third-order valence-electron chi connectivity index (χ3n) is 2.71. The SMILES string of the molecule is N#CCc1ccc(OCCOc2cc(F)ccc2Br)cc1. The van der Waals surface area contributed by atoms with E-state index >= 15 is 0 Å². The van der Waals surface area contributed by atoms with Gasteiger partial charge in [0.05, 0.1) is 17.0 Å². The molecule has 0 aliphatic rings. The molecule has 21 heavy (non-hydrogen) atoms. The van der Waals surface area contributed by atoms with Crippen LogP contribution in [0.4, 0.5) is 4.39 Å². The Morgan fingerprint density at radius 3 is 2.48 bits per heavy atom. The quantitative estimate of drug-likeness (QED) is 0.737. The number of nitrogens with zero attached hydrogens (tertiary/aromatic N) is 1. The molecule has 108 valence electrons. The van der Waals surface area contributed by atoms with E-state index in [9.17, 15) is 4.39 Å². The summed E-state index contributed by atoms with van der Waals surface area (Å²) in [4.78, 5) is 0. The van der Waals surface area contributed by atoms with Gasteiger partial charge < -0.3 is 9.47 Å². The molecule has 0 amide bonds. The van der Waals surface area contributed by atoms with E-state index < -0.39 is 0 Å². The molecule has 0 heterocycles. The zero-order valence-electron chi connectivity index (χ0n) is 11.2. The number of nitriles is 1. The van der Waals surface area contributed by atoms with Crippen LogP contribution in [0.15, 0.2) is 46.9 Å². The maximum Gasteiger partial charge on any atom is 0.136 e. The first-order valence-corrected chi connectivity index (χ1v) is 7.15. The van der Waals surface area contributed by atoms with Crippen LogP contribution in [-0.2, 0) is 6.42 Å². The van der Waals surface area contributed by atoms with Crippen molar-refractivity contribution in [2.75, 3.05) is 13.2 Å². The summed E-state index contributed by atoms with van der Waals surface area (Å²) in [5, 5.41) is 8.58. The van der Waals surface area contributed by atoms with Crippen LogP contribution in [0.5, 0.6) is 11.5 Å². The summed E-state index contributed by atoms with van der Waals surface area (Å²) in [6.07, 6.45) is 0.386. The third kappa shape index (κ3) is 4.76. The molecule has 3 nitrogen and oxygen atoms in total. The van der Waals surface area contributed by atoms with E-state index in [0.29, 0.717) is 35.6 Å². The highest BCUT2D eigenvalue weighted by molar-refractivity contribution is 9.10. The van der Waals surface area contributed by atoms with Gasteiger partial charge in [-0.3, -0.25) is 0 Å². The number of hydrogen-bond donors (Lipinski definition) is 0. The van der Waals surface area contributed by atoms with Crippen molar-refractivity contribution >= 4 is 15.9 Å². The van der Waals surface area contributed by atoms with Gasteiger partial charge in [0.15, 0.2) is 0 Å². The lowest BCUT2D eigenvalue weighted by molar-refractivity contribution is 0.216. The largest absolute Gasteiger partial charge is 0.490 e. The van der Waals surface area contributed by atoms with Gasteiger partial charge in [-0.1, -0.05) is 12.1 Å². The topological polar surface area (TPSA) is 42.2 Å². The Balaban J connectivity index is 1.79. The van der Waals surface area contributed by atoms with Crippen molar-refractivity contribution in [3.63, 3.8) is 0 Å². The van der Waals surface area contributed by atoms with E-state index in [1.54, 1.807) is 6.07 Å². The Hall–Kier alpha value is -2.06. The van der Waals surface area contributed by atoms with E-state index in [1.807, 2.05) is 24.3 Å². The number of hydrogen-bond acceptors (Lipinski definition) is 3. The van der Waals surface area contributed by atoms with Crippen LogP contribution in [0.1, 0.15) is 5.56 Å². The molecule has 5 heteroatoms. The maximum absolute atomic E-state index is 13.1. The highest BCUT2D eigenvalue weighted by Gasteiger charge is 2.03. The predicted molar refractivity (Wildman–Crippen MR) is 80.8 cm³/mol. The summed E-state index contributed by atoms with van der Waals surface area (Å²) in [5.74, 6) is 0.809. The zero-order chi connectivity index (χ0) is 15.1. The van der Waals surface area contributed by atoms with Crippen LogP contribution < -0.4 is 9.47 Å². The molecule has 2 aromatic carbocycles. The highest BCUT2D eigenvalue weighted by atomic mass is 79.9. The van der Waals surface area contributed by atoms with E-state index in [1.165, 1.54) is 12.1 Å². The Kier molecular flexibility index (Phi) is 5.59. The minimum absolute atomic E-state index is 0.308. The average molecular weight is 350 g/mol. The van der Waals surface area contributed by atoms with E-state index in [0.717, 1.165) is 5.56 Å². The average Bonchev–Trinajstić information content (AvgIpc) is 2.49. The second-order valence-electron chi connectivity index (χ2n) is 4.25. The summed E-state index contributed by atoms with van der Waals surface area (Å²) in [6, 6.07) is 13.7. The molecule has 0 fully saturated rings. The van der Waals surface area contributed by atoms with E-state index in [4.69, 9.17) is 14.7 Å². The predicted octanol–water partition coefficient (Wildman–Crippen LogP) is 4.11. The second-order valence-corrected chi connectivity index (χ2v) is 5.10. The normalized spacial score (nSPS) is 9.95. The molecule has 0 spiro atoms. The van der Waals surface area contributed by atoms with Crippen molar-refractivity contribution in [2.24, 2.45) is 0 Å². The summed E-state index contributed by atoms with van der Waals surface area (Å²) in [5.41, 5.74) is 0.949. The van der Waals surface area contributed by atoms with Crippen LogP contribution in [0.3, 0.4) is 0 Å².